The highest BCUT2D eigenvalue weighted by molar-refractivity contribution is 5.84. The molecular formula is C7H8F3NO6. The highest BCUT2D eigenvalue weighted by atomic mass is 19.4. The molecule has 0 heterocycles. The number of esters is 2. The van der Waals surface area contributed by atoms with Crippen molar-refractivity contribution in [2.45, 2.75) is 18.7 Å². The minimum Gasteiger partial charge on any atom is -0.466 e. The average molecular weight is 259 g/mol. The lowest BCUT2D eigenvalue weighted by Crippen LogP contribution is -2.60. The molecule has 10 heteroatoms. The monoisotopic (exact) mass is 259 g/mol. The fraction of sp³-hybridized carbons (Fsp3) is 0.714. The number of alkyl halides is 3. The number of methoxy groups -OCH3 is 1. The van der Waals surface area contributed by atoms with Gasteiger partial charge in [-0.25, -0.2) is 4.79 Å². The number of ether oxygens (including phenoxy) is 2. The van der Waals surface area contributed by atoms with Crippen LogP contribution in [0.2, 0.25) is 0 Å². The van der Waals surface area contributed by atoms with Gasteiger partial charge in [0.15, 0.2) is 0 Å². The fourth-order valence-corrected chi connectivity index (χ4v) is 0.994. The van der Waals surface area contributed by atoms with E-state index in [1.807, 2.05) is 0 Å². The second kappa shape index (κ2) is 4.97. The molecule has 0 fully saturated rings. The maximum absolute atomic E-state index is 12.7. The standard InChI is InChI=1S/C7H8F3NO6/c1-4(12)17-6(3-11(14)15,5(13)16-2)7(8,9)10/h3H2,1-2H3. The second-order valence-corrected chi connectivity index (χ2v) is 2.90. The lowest BCUT2D eigenvalue weighted by molar-refractivity contribution is -0.510. The van der Waals surface area contributed by atoms with E-state index in [1.165, 1.54) is 0 Å². The molecule has 0 aliphatic carbocycles. The zero-order valence-electron chi connectivity index (χ0n) is 8.74. The summed E-state index contributed by atoms with van der Waals surface area (Å²) < 4.78 is 45.5. The highest BCUT2D eigenvalue weighted by Crippen LogP contribution is 2.35. The molecule has 0 aromatic rings. The minimum atomic E-state index is -5.46. The van der Waals surface area contributed by atoms with Gasteiger partial charge in [-0.15, -0.1) is 0 Å². The molecule has 1 atom stereocenters. The van der Waals surface area contributed by atoms with Crippen molar-refractivity contribution in [2.24, 2.45) is 0 Å². The molecule has 0 saturated heterocycles. The van der Waals surface area contributed by atoms with Crippen molar-refractivity contribution >= 4 is 11.9 Å². The predicted molar refractivity (Wildman–Crippen MR) is 44.4 cm³/mol. The molecule has 0 aromatic carbocycles. The van der Waals surface area contributed by atoms with E-state index in [1.54, 1.807) is 0 Å². The third-order valence-electron chi connectivity index (χ3n) is 1.64. The van der Waals surface area contributed by atoms with Crippen LogP contribution in [0.15, 0.2) is 0 Å². The first-order valence-corrected chi connectivity index (χ1v) is 4.03. The Morgan fingerprint density at radius 1 is 1.35 bits per heavy atom. The van der Waals surface area contributed by atoms with Crippen LogP contribution in [0, 0.1) is 10.1 Å². The van der Waals surface area contributed by atoms with Crippen molar-refractivity contribution in [3.8, 4) is 0 Å². The van der Waals surface area contributed by atoms with Gasteiger partial charge in [-0.1, -0.05) is 0 Å². The van der Waals surface area contributed by atoms with E-state index in [2.05, 4.69) is 9.47 Å². The summed E-state index contributed by atoms with van der Waals surface area (Å²) in [4.78, 5) is 30.3. The summed E-state index contributed by atoms with van der Waals surface area (Å²) in [5, 5.41) is 10.2. The van der Waals surface area contributed by atoms with Crippen LogP contribution >= 0.6 is 0 Å². The van der Waals surface area contributed by atoms with Crippen LogP contribution in [0.3, 0.4) is 0 Å². The van der Waals surface area contributed by atoms with E-state index in [9.17, 15) is 32.9 Å². The third-order valence-corrected chi connectivity index (χ3v) is 1.64. The Labute approximate surface area is 92.6 Å². The Kier molecular flexibility index (Phi) is 4.43. The van der Waals surface area contributed by atoms with Crippen LogP contribution in [0.4, 0.5) is 13.2 Å². The summed E-state index contributed by atoms with van der Waals surface area (Å²) in [5.74, 6) is -3.55. The van der Waals surface area contributed by atoms with Crippen molar-refractivity contribution in [1.29, 1.82) is 0 Å². The van der Waals surface area contributed by atoms with Gasteiger partial charge in [0.1, 0.15) is 0 Å². The van der Waals surface area contributed by atoms with Crippen LogP contribution in [-0.2, 0) is 19.1 Å². The van der Waals surface area contributed by atoms with Gasteiger partial charge in [0.05, 0.1) is 7.11 Å². The third kappa shape index (κ3) is 3.29. The Morgan fingerprint density at radius 3 is 2.06 bits per heavy atom. The predicted octanol–water partition coefficient (Wildman–Crippen LogP) is 0.300. The van der Waals surface area contributed by atoms with Crippen LogP contribution in [0.1, 0.15) is 6.92 Å². The van der Waals surface area contributed by atoms with Crippen molar-refractivity contribution in [1.82, 2.24) is 0 Å². The van der Waals surface area contributed by atoms with Crippen LogP contribution in [0.5, 0.6) is 0 Å². The largest absolute Gasteiger partial charge is 0.466 e. The molecule has 1 unspecified atom stereocenters. The Balaban J connectivity index is 5.60. The van der Waals surface area contributed by atoms with Crippen molar-refractivity contribution < 1.29 is 37.2 Å². The van der Waals surface area contributed by atoms with Crippen molar-refractivity contribution in [2.75, 3.05) is 13.7 Å². The molecule has 0 spiro atoms. The number of halogens is 3. The maximum Gasteiger partial charge on any atom is 0.446 e. The molecule has 0 rings (SSSR count). The van der Waals surface area contributed by atoms with Gasteiger partial charge >= 0.3 is 23.7 Å². The Morgan fingerprint density at radius 2 is 1.82 bits per heavy atom. The quantitative estimate of drug-likeness (QED) is 0.409. The topological polar surface area (TPSA) is 95.7 Å². The number of carbonyl (C=O) groups excluding carboxylic acids is 2. The Hall–Kier alpha value is -1.87. The van der Waals surface area contributed by atoms with E-state index in [0.717, 1.165) is 0 Å². The van der Waals surface area contributed by atoms with E-state index < -0.39 is 35.2 Å². The van der Waals surface area contributed by atoms with Gasteiger partial charge in [-0.2, -0.15) is 13.2 Å². The summed E-state index contributed by atoms with van der Waals surface area (Å²) in [7, 11) is 0.590. The molecule has 0 radical (unpaired) electrons. The van der Waals surface area contributed by atoms with Crippen LogP contribution in [0.25, 0.3) is 0 Å². The number of nitro groups is 1. The number of nitrogens with zero attached hydrogens (tertiary/aromatic N) is 1. The summed E-state index contributed by atoms with van der Waals surface area (Å²) in [5.41, 5.74) is -3.92. The number of hydrogen-bond acceptors (Lipinski definition) is 6. The van der Waals surface area contributed by atoms with E-state index in [0.29, 0.717) is 14.0 Å². The molecule has 0 amide bonds. The van der Waals surface area contributed by atoms with Crippen molar-refractivity contribution in [3.63, 3.8) is 0 Å². The molecule has 0 bridgehead atoms. The highest BCUT2D eigenvalue weighted by Gasteiger charge is 2.69. The van der Waals surface area contributed by atoms with Gasteiger partial charge in [-0.05, 0) is 0 Å². The second-order valence-electron chi connectivity index (χ2n) is 2.90. The van der Waals surface area contributed by atoms with Crippen LogP contribution in [-0.4, -0.2) is 42.3 Å². The molecule has 0 saturated carbocycles. The summed E-state index contributed by atoms with van der Waals surface area (Å²) in [6, 6.07) is 0. The normalized spacial score (nSPS) is 14.6. The average Bonchev–Trinajstić information content (AvgIpc) is 2.11. The first-order valence-electron chi connectivity index (χ1n) is 4.03. The van der Waals surface area contributed by atoms with E-state index >= 15 is 0 Å². The number of hydrogen-bond donors (Lipinski definition) is 0. The van der Waals surface area contributed by atoms with Gasteiger partial charge in [0, 0.05) is 11.8 Å². The maximum atomic E-state index is 12.7. The first-order chi connectivity index (χ1) is 7.56. The molecule has 0 aliphatic heterocycles. The lowest BCUT2D eigenvalue weighted by Gasteiger charge is -2.28. The zero-order chi connectivity index (χ0) is 13.9. The molecular weight excluding hydrogens is 251 g/mol. The molecule has 0 N–H and O–H groups in total. The van der Waals surface area contributed by atoms with E-state index in [4.69, 9.17) is 0 Å². The van der Waals surface area contributed by atoms with E-state index in [-0.39, 0.29) is 0 Å². The van der Waals surface area contributed by atoms with Gasteiger partial charge in [-0.3, -0.25) is 14.9 Å². The summed E-state index contributed by atoms with van der Waals surface area (Å²) >= 11 is 0. The SMILES string of the molecule is COC(=O)C(C[N+](=O)[O-])(OC(C)=O)C(F)(F)F. The molecule has 17 heavy (non-hydrogen) atoms. The van der Waals surface area contributed by atoms with Gasteiger partial charge in [0.25, 0.3) is 6.54 Å². The summed E-state index contributed by atoms with van der Waals surface area (Å²) in [6.45, 7) is -1.37. The van der Waals surface area contributed by atoms with Gasteiger partial charge < -0.3 is 9.47 Å². The smallest absolute Gasteiger partial charge is 0.446 e. The zero-order valence-corrected chi connectivity index (χ0v) is 8.74. The minimum absolute atomic E-state index is 0.587. The number of rotatable bonds is 4. The number of carbonyl (C=O) groups is 2. The van der Waals surface area contributed by atoms with Crippen molar-refractivity contribution in [3.05, 3.63) is 10.1 Å². The first kappa shape index (κ1) is 15.1. The van der Waals surface area contributed by atoms with Crippen LogP contribution < -0.4 is 0 Å². The fourth-order valence-electron chi connectivity index (χ4n) is 0.994. The lowest BCUT2D eigenvalue weighted by atomic mass is 10.0. The molecule has 7 nitrogen and oxygen atoms in total. The molecule has 0 aliphatic rings. The summed E-state index contributed by atoms with van der Waals surface area (Å²) in [6.07, 6.45) is -5.46. The molecule has 98 valence electrons. The van der Waals surface area contributed by atoms with Gasteiger partial charge in [0.2, 0.25) is 0 Å². The molecule has 0 aromatic heterocycles. The Bertz CT molecular complexity index is 323.